The summed E-state index contributed by atoms with van der Waals surface area (Å²) in [6.45, 7) is 3.89. The second-order valence-electron chi connectivity index (χ2n) is 8.12. The summed E-state index contributed by atoms with van der Waals surface area (Å²) in [5, 5.41) is 8.03. The third-order valence-corrected chi connectivity index (χ3v) is 5.78. The quantitative estimate of drug-likeness (QED) is 0.464. The lowest BCUT2D eigenvalue weighted by molar-refractivity contribution is -0.145. The zero-order chi connectivity index (χ0) is 22.7. The molecule has 1 N–H and O–H groups in total. The van der Waals surface area contributed by atoms with Gasteiger partial charge < -0.3 is 19.3 Å². The van der Waals surface area contributed by atoms with E-state index < -0.39 is 0 Å². The highest BCUT2D eigenvalue weighted by atomic mass is 35.5. The summed E-state index contributed by atoms with van der Waals surface area (Å²) in [7, 11) is 1.44. The van der Waals surface area contributed by atoms with Crippen LogP contribution in [0.1, 0.15) is 33.1 Å². The van der Waals surface area contributed by atoms with E-state index in [4.69, 9.17) is 25.6 Å². The Morgan fingerprint density at radius 3 is 2.59 bits per heavy atom. The molecule has 7 nitrogen and oxygen atoms in total. The number of nitrogens with zero attached hydrogens (tertiary/aromatic N) is 2. The van der Waals surface area contributed by atoms with Crippen LogP contribution in [0.5, 0.6) is 5.75 Å². The predicted octanol–water partition coefficient (Wildman–Crippen LogP) is 5.60. The number of aromatic nitrogens is 2. The molecule has 0 aliphatic heterocycles. The highest BCUT2D eigenvalue weighted by Crippen LogP contribution is 2.32. The molecule has 0 saturated heterocycles. The SMILES string of the molecule is COC(=O)[C@@H]1CCCC1Nc1ccc(-c2nc(-c3ccc(OC(C)C)c(Cl)c3)no2)cc1. The van der Waals surface area contributed by atoms with E-state index in [-0.39, 0.29) is 24.0 Å². The van der Waals surface area contributed by atoms with E-state index in [2.05, 4.69) is 15.5 Å². The summed E-state index contributed by atoms with van der Waals surface area (Å²) >= 11 is 6.33. The van der Waals surface area contributed by atoms with Crippen LogP contribution in [0.3, 0.4) is 0 Å². The standard InChI is InChI=1S/C24H26ClN3O4/c1-14(2)31-21-12-9-16(13-19(21)25)22-27-23(32-28-22)15-7-10-17(11-8-15)26-20-6-4-5-18(20)24(29)30-3/h7-14,18,20,26H,4-6H2,1-3H3/t18-,20?/m1/s1. The third kappa shape index (κ3) is 4.88. The molecule has 1 aliphatic rings. The van der Waals surface area contributed by atoms with Crippen LogP contribution in [0.25, 0.3) is 22.8 Å². The van der Waals surface area contributed by atoms with Crippen LogP contribution in [0, 0.1) is 5.92 Å². The monoisotopic (exact) mass is 455 g/mol. The fraction of sp³-hybridized carbons (Fsp3) is 0.375. The van der Waals surface area contributed by atoms with Gasteiger partial charge in [-0.05, 0) is 69.2 Å². The summed E-state index contributed by atoms with van der Waals surface area (Å²) in [5.41, 5.74) is 2.48. The second kappa shape index (κ2) is 9.61. The Morgan fingerprint density at radius 1 is 1.16 bits per heavy atom. The first kappa shape index (κ1) is 22.1. The molecule has 1 aromatic heterocycles. The second-order valence-corrected chi connectivity index (χ2v) is 8.53. The maximum atomic E-state index is 12.0. The molecule has 0 spiro atoms. The van der Waals surface area contributed by atoms with Gasteiger partial charge in [0.15, 0.2) is 0 Å². The van der Waals surface area contributed by atoms with Gasteiger partial charge >= 0.3 is 5.97 Å². The summed E-state index contributed by atoms with van der Waals surface area (Å²) in [5.74, 6) is 1.22. The minimum Gasteiger partial charge on any atom is -0.489 e. The molecule has 1 fully saturated rings. The molecule has 32 heavy (non-hydrogen) atoms. The molecule has 3 aromatic rings. The molecule has 168 valence electrons. The molecule has 1 heterocycles. The third-order valence-electron chi connectivity index (χ3n) is 5.48. The number of ether oxygens (including phenoxy) is 2. The van der Waals surface area contributed by atoms with Crippen LogP contribution in [-0.2, 0) is 9.53 Å². The summed E-state index contributed by atoms with van der Waals surface area (Å²) < 4.78 is 16.1. The lowest BCUT2D eigenvalue weighted by atomic mass is 10.0. The average Bonchev–Trinajstić information content (AvgIpc) is 3.45. The van der Waals surface area contributed by atoms with Crippen molar-refractivity contribution in [3.8, 4) is 28.6 Å². The van der Waals surface area contributed by atoms with E-state index in [1.807, 2.05) is 44.2 Å². The average molecular weight is 456 g/mol. The first-order valence-electron chi connectivity index (χ1n) is 10.7. The minimum absolute atomic E-state index is 0.0348. The Hall–Kier alpha value is -3.06. The largest absolute Gasteiger partial charge is 0.489 e. The number of anilines is 1. The molecule has 2 aromatic carbocycles. The van der Waals surface area contributed by atoms with E-state index in [1.165, 1.54) is 7.11 Å². The topological polar surface area (TPSA) is 86.5 Å². The number of hydrogen-bond acceptors (Lipinski definition) is 7. The van der Waals surface area contributed by atoms with Crippen LogP contribution < -0.4 is 10.1 Å². The van der Waals surface area contributed by atoms with Crippen molar-refractivity contribution in [3.05, 3.63) is 47.5 Å². The fourth-order valence-corrected chi connectivity index (χ4v) is 4.16. The van der Waals surface area contributed by atoms with Crippen LogP contribution in [-0.4, -0.2) is 35.4 Å². The number of nitrogens with one attached hydrogen (secondary N) is 1. The summed E-state index contributed by atoms with van der Waals surface area (Å²) in [6.07, 6.45) is 2.84. The molecular weight excluding hydrogens is 430 g/mol. The molecule has 2 atom stereocenters. The van der Waals surface area contributed by atoms with Gasteiger partial charge in [0.1, 0.15) is 5.75 Å². The van der Waals surface area contributed by atoms with E-state index in [0.717, 1.165) is 36.1 Å². The van der Waals surface area contributed by atoms with Crippen molar-refractivity contribution in [1.29, 1.82) is 0 Å². The summed E-state index contributed by atoms with van der Waals surface area (Å²) in [6, 6.07) is 13.2. The Labute approximate surface area is 192 Å². The number of hydrogen-bond donors (Lipinski definition) is 1. The summed E-state index contributed by atoms with van der Waals surface area (Å²) in [4.78, 5) is 16.5. The Morgan fingerprint density at radius 2 is 1.91 bits per heavy atom. The van der Waals surface area contributed by atoms with E-state index in [1.54, 1.807) is 12.1 Å². The van der Waals surface area contributed by atoms with Gasteiger partial charge in [0.2, 0.25) is 5.82 Å². The predicted molar refractivity (Wildman–Crippen MR) is 123 cm³/mol. The number of benzene rings is 2. The zero-order valence-electron chi connectivity index (χ0n) is 18.3. The van der Waals surface area contributed by atoms with E-state index >= 15 is 0 Å². The number of carbonyl (C=O) groups is 1. The lowest BCUT2D eigenvalue weighted by Gasteiger charge is -2.20. The van der Waals surface area contributed by atoms with Crippen molar-refractivity contribution in [2.45, 2.75) is 45.3 Å². The Kier molecular flexibility index (Phi) is 6.65. The molecule has 8 heteroatoms. The number of halogens is 1. The maximum absolute atomic E-state index is 12.0. The van der Waals surface area contributed by atoms with Crippen LogP contribution in [0.4, 0.5) is 5.69 Å². The zero-order valence-corrected chi connectivity index (χ0v) is 19.1. The van der Waals surface area contributed by atoms with Crippen molar-refractivity contribution in [3.63, 3.8) is 0 Å². The van der Waals surface area contributed by atoms with Gasteiger partial charge in [-0.15, -0.1) is 0 Å². The Balaban J connectivity index is 1.46. The highest BCUT2D eigenvalue weighted by molar-refractivity contribution is 6.32. The van der Waals surface area contributed by atoms with Gasteiger partial charge in [-0.2, -0.15) is 4.98 Å². The first-order chi connectivity index (χ1) is 15.4. The van der Waals surface area contributed by atoms with Crippen molar-refractivity contribution < 1.29 is 18.8 Å². The van der Waals surface area contributed by atoms with Gasteiger partial charge in [-0.1, -0.05) is 23.2 Å². The number of rotatable bonds is 7. The van der Waals surface area contributed by atoms with Gasteiger partial charge in [0.05, 0.1) is 24.2 Å². The molecule has 0 bridgehead atoms. The van der Waals surface area contributed by atoms with Crippen LogP contribution in [0.15, 0.2) is 47.0 Å². The van der Waals surface area contributed by atoms with E-state index in [0.29, 0.717) is 22.5 Å². The Bertz CT molecular complexity index is 1080. The fourth-order valence-electron chi connectivity index (χ4n) is 3.94. The van der Waals surface area contributed by atoms with Crippen LogP contribution in [0.2, 0.25) is 5.02 Å². The number of carbonyl (C=O) groups excluding carboxylic acids is 1. The molecular formula is C24H26ClN3O4. The van der Waals surface area contributed by atoms with Crippen molar-refractivity contribution >= 4 is 23.3 Å². The highest BCUT2D eigenvalue weighted by Gasteiger charge is 2.33. The van der Waals surface area contributed by atoms with Crippen LogP contribution >= 0.6 is 11.6 Å². The number of methoxy groups -OCH3 is 1. The normalized spacial score (nSPS) is 18.0. The molecule has 1 unspecified atom stereocenters. The van der Waals surface area contributed by atoms with Gasteiger partial charge in [0.25, 0.3) is 5.89 Å². The maximum Gasteiger partial charge on any atom is 0.310 e. The van der Waals surface area contributed by atoms with Crippen molar-refractivity contribution in [2.24, 2.45) is 5.92 Å². The molecule has 0 radical (unpaired) electrons. The minimum atomic E-state index is -0.154. The van der Waals surface area contributed by atoms with Crippen molar-refractivity contribution in [2.75, 3.05) is 12.4 Å². The van der Waals surface area contributed by atoms with Gasteiger partial charge in [-0.3, -0.25) is 4.79 Å². The van der Waals surface area contributed by atoms with Crippen molar-refractivity contribution in [1.82, 2.24) is 10.1 Å². The van der Waals surface area contributed by atoms with Gasteiger partial charge in [-0.25, -0.2) is 0 Å². The number of esters is 1. The molecule has 0 amide bonds. The smallest absolute Gasteiger partial charge is 0.310 e. The van der Waals surface area contributed by atoms with Gasteiger partial charge in [0, 0.05) is 22.9 Å². The lowest BCUT2D eigenvalue weighted by Crippen LogP contribution is -2.30. The van der Waals surface area contributed by atoms with E-state index in [9.17, 15) is 4.79 Å². The molecule has 1 aliphatic carbocycles. The molecule has 4 rings (SSSR count). The molecule has 1 saturated carbocycles. The first-order valence-corrected chi connectivity index (χ1v) is 11.1.